The lowest BCUT2D eigenvalue weighted by Gasteiger charge is -2.45. The Kier molecular flexibility index (Phi) is 29.3. The van der Waals surface area contributed by atoms with Crippen molar-refractivity contribution in [3.05, 3.63) is 24.3 Å². The Morgan fingerprint density at radius 1 is 0.604 bits per heavy atom. The third-order valence-corrected chi connectivity index (χ3v) is 19.7. The van der Waals surface area contributed by atoms with E-state index in [4.69, 9.17) is 9.47 Å². The Labute approximate surface area is 573 Å². The van der Waals surface area contributed by atoms with Crippen LogP contribution in [0, 0.1) is 41.4 Å². The van der Waals surface area contributed by atoms with Crippen LogP contribution in [0.25, 0.3) is 0 Å². The topological polar surface area (TPSA) is 271 Å². The summed E-state index contributed by atoms with van der Waals surface area (Å²) in [6.07, 6.45) is 0.947. The van der Waals surface area contributed by atoms with Crippen LogP contribution in [0.4, 0.5) is 5.69 Å². The fraction of sp³-hybridized carbons (Fsp3) is 0.761. The van der Waals surface area contributed by atoms with E-state index >= 15 is 33.6 Å². The van der Waals surface area contributed by atoms with Crippen LogP contribution in [-0.2, 0) is 57.5 Å². The van der Waals surface area contributed by atoms with Crippen LogP contribution in [0.1, 0.15) is 163 Å². The van der Waals surface area contributed by atoms with Crippen molar-refractivity contribution in [2.75, 3.05) is 81.0 Å². The van der Waals surface area contributed by atoms with Gasteiger partial charge >= 0.3 is 0 Å². The average molecular weight is 1350 g/mol. The molecule has 0 bridgehead atoms. The van der Waals surface area contributed by atoms with Gasteiger partial charge in [-0.1, -0.05) is 115 Å². The summed E-state index contributed by atoms with van der Waals surface area (Å²) in [6, 6.07) is -3.44. The van der Waals surface area contributed by atoms with Crippen molar-refractivity contribution in [3.63, 3.8) is 0 Å². The van der Waals surface area contributed by atoms with E-state index in [9.17, 15) is 19.2 Å². The zero-order valence-electron chi connectivity index (χ0n) is 62.6. The van der Waals surface area contributed by atoms with Crippen molar-refractivity contribution in [1.29, 1.82) is 0 Å². The molecule has 0 spiro atoms. The smallest absolute Gasteiger partial charge is 0.272 e. The molecule has 0 radical (unpaired) electrons. The maximum Gasteiger partial charge on any atom is 0.272 e. The second-order valence-electron chi connectivity index (χ2n) is 29.9. The van der Waals surface area contributed by atoms with Crippen molar-refractivity contribution in [3.8, 4) is 5.75 Å². The van der Waals surface area contributed by atoms with Gasteiger partial charge in [0.15, 0.2) is 17.6 Å². The highest BCUT2D eigenvalue weighted by molar-refractivity contribution is 6.08. The highest BCUT2D eigenvalue weighted by Crippen LogP contribution is 2.37. The number of methoxy groups -OCH3 is 1. The van der Waals surface area contributed by atoms with Crippen LogP contribution in [0.5, 0.6) is 5.75 Å². The molecule has 13 unspecified atom stereocenters. The molecule has 2 fully saturated rings. The number of carbonyl (C=O) groups is 11. The molecule has 3 heterocycles. The summed E-state index contributed by atoms with van der Waals surface area (Å²) in [6.45, 7) is 31.9. The Morgan fingerprint density at radius 2 is 1.12 bits per heavy atom. The zero-order valence-corrected chi connectivity index (χ0v) is 62.6. The van der Waals surface area contributed by atoms with Crippen LogP contribution in [0.2, 0.25) is 0 Å². The number of benzene rings is 1. The minimum Gasteiger partial charge on any atom is -0.490 e. The first kappa shape index (κ1) is 81.5. The summed E-state index contributed by atoms with van der Waals surface area (Å²) < 4.78 is 12.3. The van der Waals surface area contributed by atoms with Gasteiger partial charge in [-0.2, -0.15) is 0 Å². The number of nitrogens with zero attached hydrogens (tertiary/aromatic N) is 9. The molecular weight excluding hydrogens is 1230 g/mol. The minimum absolute atomic E-state index is 0.00579. The molecule has 542 valence electrons. The van der Waals surface area contributed by atoms with E-state index < -0.39 is 149 Å². The fourth-order valence-electron chi connectivity index (χ4n) is 13.8. The number of anilines is 1. The first-order chi connectivity index (χ1) is 44.6. The fourth-order valence-corrected chi connectivity index (χ4v) is 13.8. The van der Waals surface area contributed by atoms with E-state index in [1.807, 2.05) is 93.5 Å². The predicted octanol–water partition coefficient (Wildman–Crippen LogP) is 5.08. The van der Waals surface area contributed by atoms with Crippen LogP contribution in [-0.4, -0.2) is 253 Å². The van der Waals surface area contributed by atoms with Gasteiger partial charge in [-0.15, -0.1) is 0 Å². The van der Waals surface area contributed by atoms with Crippen LogP contribution in [0.15, 0.2) is 24.3 Å². The summed E-state index contributed by atoms with van der Waals surface area (Å²) in [4.78, 5) is 178. The van der Waals surface area contributed by atoms with E-state index in [0.29, 0.717) is 38.8 Å². The lowest BCUT2D eigenvalue weighted by Crippen LogP contribution is -2.69. The standard InChI is InChI=1S/C71H120N12O13/c1-26-29-50-64(89)75(18)48(15)63(88)81(24)71(40-84,39-44(8)9)73-56(45(10)11)67(92)76(19)52(36-41(2)3)60(85)74-70(17)69(94)83(70)49(16)62(87)77(20)53(37-42(4)5)65(90)78(21)54(38-43(6)7)66(91)79(22)57(46(12)13)68(93)80(23)58(61(86)72-50)59(95-25)47(14)32-33-82-34-35-96-55-31-28-27-30-51(55)82/h27-28,30-31,40-50,52-54,56-59,73H,26,29,32-39H2,1-25H3,(H,72,86)(H,74,85). The molecule has 25 nitrogen and oxygen atoms in total. The summed E-state index contributed by atoms with van der Waals surface area (Å²) in [7, 11) is 11.7. The van der Waals surface area contributed by atoms with Crippen LogP contribution in [0.3, 0.4) is 0 Å². The van der Waals surface area contributed by atoms with E-state index in [0.717, 1.165) is 11.4 Å². The highest BCUT2D eigenvalue weighted by atomic mass is 16.5. The van der Waals surface area contributed by atoms with Gasteiger partial charge in [0, 0.05) is 63.0 Å². The SMILES string of the molecule is CCCC1NC(=O)C(C(OC)C(C)CCN2CCOc3ccccc32)N(C)C(=O)C(C(C)C)N(C)C(=O)C(CC(C)C)N(C)C(=O)C(CC(C)C)N(C)C(=O)C(C)N2C(=O)C2(C)NC(=O)C(CC(C)C)N(C)C(=O)C(C(C)C)NC(C=O)(CC(C)C)N(C)C(=O)C(C)N(C)C1=O. The maximum absolute atomic E-state index is 15.8. The molecule has 10 amide bonds. The molecule has 0 saturated carbocycles. The largest absolute Gasteiger partial charge is 0.490 e. The minimum atomic E-state index is -1.87. The second kappa shape index (κ2) is 34.5. The molecule has 0 aromatic heterocycles. The number of hydrogen-bond acceptors (Lipinski definition) is 15. The molecule has 1 aromatic rings. The van der Waals surface area contributed by atoms with Crippen molar-refractivity contribution < 1.29 is 62.2 Å². The van der Waals surface area contributed by atoms with Crippen molar-refractivity contribution in [2.45, 2.75) is 234 Å². The number of likely N-dealkylation sites (N-methyl/N-ethyl adjacent to an activating group) is 7. The zero-order chi connectivity index (χ0) is 73.1. The van der Waals surface area contributed by atoms with Gasteiger partial charge in [-0.3, -0.25) is 63.0 Å². The number of aldehydes is 1. The number of nitrogens with one attached hydrogen (secondary N) is 3. The molecule has 4 rings (SSSR count). The normalized spacial score (nSPS) is 28.2. The number of amides is 10. The Morgan fingerprint density at radius 3 is 1.64 bits per heavy atom. The van der Waals surface area contributed by atoms with Gasteiger partial charge in [-0.05, 0) is 113 Å². The second-order valence-corrected chi connectivity index (χ2v) is 29.9. The van der Waals surface area contributed by atoms with Gasteiger partial charge in [0.1, 0.15) is 60.7 Å². The number of para-hydroxylation sites is 2. The van der Waals surface area contributed by atoms with Gasteiger partial charge < -0.3 is 59.3 Å². The highest BCUT2D eigenvalue weighted by Gasteiger charge is 2.64. The average Bonchev–Trinajstić information content (AvgIpc) is 1.55. The quantitative estimate of drug-likeness (QED) is 0.120. The number of rotatable bonds is 19. The molecule has 2 saturated heterocycles. The summed E-state index contributed by atoms with van der Waals surface area (Å²) in [5.41, 5.74) is -2.69. The van der Waals surface area contributed by atoms with Crippen molar-refractivity contribution >= 4 is 71.0 Å². The summed E-state index contributed by atoms with van der Waals surface area (Å²) in [5, 5.41) is 9.11. The van der Waals surface area contributed by atoms with Crippen LogP contribution >= 0.6 is 0 Å². The van der Waals surface area contributed by atoms with E-state index in [-0.39, 0.29) is 55.8 Å². The number of ether oxygens (including phenoxy) is 2. The number of carbonyl (C=O) groups excluding carboxylic acids is 11. The molecule has 3 aliphatic heterocycles. The van der Waals surface area contributed by atoms with Crippen LogP contribution < -0.4 is 25.6 Å². The molecule has 96 heavy (non-hydrogen) atoms. The first-order valence-electron chi connectivity index (χ1n) is 34.7. The van der Waals surface area contributed by atoms with Gasteiger partial charge in [0.25, 0.3) is 5.91 Å². The summed E-state index contributed by atoms with van der Waals surface area (Å²) in [5.74, 6) is -7.95. The monoisotopic (exact) mass is 1350 g/mol. The predicted molar refractivity (Wildman–Crippen MR) is 369 cm³/mol. The van der Waals surface area contributed by atoms with Crippen molar-refractivity contribution in [1.82, 2.24) is 55.1 Å². The number of fused-ring (bicyclic) bond motifs is 2. The molecule has 3 N–H and O–H groups in total. The van der Waals surface area contributed by atoms with E-state index in [1.165, 1.54) is 116 Å². The van der Waals surface area contributed by atoms with Gasteiger partial charge in [0.05, 0.1) is 24.4 Å². The maximum atomic E-state index is 15.8. The lowest BCUT2D eigenvalue weighted by molar-refractivity contribution is -0.158. The van der Waals surface area contributed by atoms with Gasteiger partial charge in [-0.25, -0.2) is 0 Å². The van der Waals surface area contributed by atoms with Crippen molar-refractivity contribution in [2.24, 2.45) is 41.4 Å². The number of hydrogen-bond donors (Lipinski definition) is 3. The van der Waals surface area contributed by atoms with E-state index in [2.05, 4.69) is 20.9 Å². The Balaban J connectivity index is 2.00. The van der Waals surface area contributed by atoms with Gasteiger partial charge in [0.2, 0.25) is 53.2 Å². The molecule has 3 aliphatic rings. The summed E-state index contributed by atoms with van der Waals surface area (Å²) >= 11 is 0. The Bertz CT molecular complexity index is 2910. The lowest BCUT2D eigenvalue weighted by atomic mass is 9.91. The first-order valence-corrected chi connectivity index (χ1v) is 34.7. The third kappa shape index (κ3) is 18.6. The molecular formula is C71H120N12O13. The molecule has 0 aliphatic carbocycles. The van der Waals surface area contributed by atoms with E-state index in [1.54, 1.807) is 27.7 Å². The molecule has 25 heteroatoms. The molecule has 1 aromatic carbocycles. The third-order valence-electron chi connectivity index (χ3n) is 19.7. The molecule has 13 atom stereocenters. The Hall–Kier alpha value is -6.89.